The summed E-state index contributed by atoms with van der Waals surface area (Å²) in [5, 5.41) is 2.73. The molecule has 34 heavy (non-hydrogen) atoms. The van der Waals surface area contributed by atoms with Crippen LogP contribution in [0.1, 0.15) is 42.7 Å². The quantitative estimate of drug-likeness (QED) is 0.565. The minimum absolute atomic E-state index is 0.0144. The van der Waals surface area contributed by atoms with Crippen LogP contribution in [0.5, 0.6) is 0 Å². The van der Waals surface area contributed by atoms with Crippen molar-refractivity contribution >= 4 is 29.8 Å². The lowest BCUT2D eigenvalue weighted by Crippen LogP contribution is -2.46. The van der Waals surface area contributed by atoms with Gasteiger partial charge in [-0.15, -0.1) is 5.06 Å². The molecule has 1 aliphatic heterocycles. The highest BCUT2D eigenvalue weighted by atomic mass is 16.7. The van der Waals surface area contributed by atoms with Crippen molar-refractivity contribution < 1.29 is 33.5 Å². The fourth-order valence-electron chi connectivity index (χ4n) is 4.13. The molecule has 10 nitrogen and oxygen atoms in total. The van der Waals surface area contributed by atoms with Crippen LogP contribution in [0, 0.1) is 0 Å². The van der Waals surface area contributed by atoms with Gasteiger partial charge >= 0.3 is 12.1 Å². The van der Waals surface area contributed by atoms with Crippen LogP contribution in [-0.4, -0.2) is 47.5 Å². The van der Waals surface area contributed by atoms with Crippen molar-refractivity contribution in [1.82, 2.24) is 10.4 Å². The molecule has 2 aliphatic rings. The van der Waals surface area contributed by atoms with Gasteiger partial charge in [-0.25, -0.2) is 9.59 Å². The van der Waals surface area contributed by atoms with E-state index in [1.165, 1.54) is 0 Å². The number of nitrogens with two attached hydrogens (primary N) is 1. The van der Waals surface area contributed by atoms with Gasteiger partial charge in [0.2, 0.25) is 5.91 Å². The van der Waals surface area contributed by atoms with Gasteiger partial charge in [0.25, 0.3) is 11.8 Å². The van der Waals surface area contributed by atoms with E-state index in [0.29, 0.717) is 5.06 Å². The summed E-state index contributed by atoms with van der Waals surface area (Å²) in [5.74, 6) is -3.27. The van der Waals surface area contributed by atoms with Crippen molar-refractivity contribution in [2.24, 2.45) is 5.73 Å². The van der Waals surface area contributed by atoms with E-state index in [1.54, 1.807) is 0 Å². The van der Waals surface area contributed by atoms with Crippen LogP contribution in [0.2, 0.25) is 0 Å². The molecular weight excluding hydrogens is 442 g/mol. The molecule has 1 fully saturated rings. The van der Waals surface area contributed by atoms with Gasteiger partial charge in [0.1, 0.15) is 12.6 Å². The number of rotatable bonds is 8. The molecule has 4 rings (SSSR count). The Kier molecular flexibility index (Phi) is 6.58. The predicted molar refractivity (Wildman–Crippen MR) is 118 cm³/mol. The summed E-state index contributed by atoms with van der Waals surface area (Å²) in [4.78, 5) is 64.6. The number of hydroxylamine groups is 2. The number of hydrogen-bond acceptors (Lipinski definition) is 7. The van der Waals surface area contributed by atoms with Crippen LogP contribution >= 0.6 is 0 Å². The van der Waals surface area contributed by atoms with Crippen molar-refractivity contribution in [3.05, 3.63) is 59.7 Å². The third-order valence-electron chi connectivity index (χ3n) is 5.79. The third-order valence-corrected chi connectivity index (χ3v) is 5.79. The smallest absolute Gasteiger partial charge is 0.407 e. The summed E-state index contributed by atoms with van der Waals surface area (Å²) in [6.45, 7) is 0.0144. The maximum absolute atomic E-state index is 12.5. The Morgan fingerprint density at radius 2 is 1.53 bits per heavy atom. The molecule has 2 aromatic rings. The molecule has 4 amide bonds. The van der Waals surface area contributed by atoms with Crippen molar-refractivity contribution in [2.75, 3.05) is 6.61 Å². The maximum Gasteiger partial charge on any atom is 0.407 e. The van der Waals surface area contributed by atoms with Gasteiger partial charge in [-0.3, -0.25) is 14.4 Å². The van der Waals surface area contributed by atoms with Gasteiger partial charge in [0.05, 0.1) is 0 Å². The molecule has 1 aliphatic carbocycles. The molecular formula is C24H23N3O7. The molecule has 0 saturated carbocycles. The van der Waals surface area contributed by atoms with Crippen LogP contribution in [0.3, 0.4) is 0 Å². The average Bonchev–Trinajstić information content (AvgIpc) is 3.32. The number of alkyl carbamates (subject to hydrolysis) is 1. The van der Waals surface area contributed by atoms with Crippen LogP contribution in [0.4, 0.5) is 4.79 Å². The largest absolute Gasteiger partial charge is 0.449 e. The number of imide groups is 1. The van der Waals surface area contributed by atoms with Gasteiger partial charge in [0, 0.05) is 25.2 Å². The number of benzene rings is 2. The zero-order chi connectivity index (χ0) is 24.2. The summed E-state index contributed by atoms with van der Waals surface area (Å²) < 4.78 is 5.42. The van der Waals surface area contributed by atoms with E-state index in [9.17, 15) is 24.0 Å². The van der Waals surface area contributed by atoms with Gasteiger partial charge in [-0.1, -0.05) is 48.5 Å². The molecule has 3 N–H and O–H groups in total. The first-order valence-electron chi connectivity index (χ1n) is 10.8. The lowest BCUT2D eigenvalue weighted by molar-refractivity contribution is -0.199. The Labute approximate surface area is 194 Å². The average molecular weight is 465 g/mol. The van der Waals surface area contributed by atoms with Crippen molar-refractivity contribution in [3.63, 3.8) is 0 Å². The summed E-state index contributed by atoms with van der Waals surface area (Å²) in [5.41, 5.74) is 9.33. The van der Waals surface area contributed by atoms with E-state index in [0.717, 1.165) is 22.3 Å². The lowest BCUT2D eigenvalue weighted by Gasteiger charge is -2.20. The van der Waals surface area contributed by atoms with Crippen LogP contribution in [-0.2, 0) is 28.8 Å². The molecule has 1 heterocycles. The molecule has 0 unspecified atom stereocenters. The fraction of sp³-hybridized carbons (Fsp3) is 0.292. The molecule has 0 spiro atoms. The maximum atomic E-state index is 12.5. The number of fused-ring (bicyclic) bond motifs is 3. The molecule has 176 valence electrons. The topological polar surface area (TPSA) is 145 Å². The summed E-state index contributed by atoms with van der Waals surface area (Å²) in [6, 6.07) is 14.3. The van der Waals surface area contributed by atoms with Crippen LogP contribution in [0.25, 0.3) is 11.1 Å². The molecule has 2 aromatic carbocycles. The molecule has 0 aromatic heterocycles. The van der Waals surface area contributed by atoms with Gasteiger partial charge in [-0.2, -0.15) is 0 Å². The lowest BCUT2D eigenvalue weighted by atomic mass is 9.98. The minimum atomic E-state index is -1.34. The van der Waals surface area contributed by atoms with Gasteiger partial charge in [-0.05, 0) is 28.7 Å². The highest BCUT2D eigenvalue weighted by molar-refractivity contribution is 6.02. The van der Waals surface area contributed by atoms with E-state index >= 15 is 0 Å². The standard InChI is InChI=1S/C24H23N3O7/c25-20(28)10-9-19(23(31)34-27-21(29)11-12-22(27)30)26-24(32)33-13-18-16-7-3-1-5-14(16)15-6-2-4-8-17(15)18/h1-8,18-19H,9-13H2,(H2,25,28)(H,26,32)/t19-/m0/s1. The SMILES string of the molecule is NC(=O)CC[C@H](NC(=O)OCC1c2ccccc2-c2ccccc21)C(=O)ON1C(=O)CCC1=O. The van der Waals surface area contributed by atoms with Crippen LogP contribution < -0.4 is 11.1 Å². The Balaban J connectivity index is 1.42. The number of nitrogens with one attached hydrogen (secondary N) is 1. The first-order valence-corrected chi connectivity index (χ1v) is 10.8. The van der Waals surface area contributed by atoms with Gasteiger partial charge < -0.3 is 20.6 Å². The van der Waals surface area contributed by atoms with Crippen molar-refractivity contribution in [2.45, 2.75) is 37.6 Å². The first-order chi connectivity index (χ1) is 16.3. The molecule has 1 saturated heterocycles. The number of carbonyl (C=O) groups is 5. The van der Waals surface area contributed by atoms with E-state index in [-0.39, 0.29) is 38.2 Å². The van der Waals surface area contributed by atoms with E-state index in [4.69, 9.17) is 15.3 Å². The second-order valence-corrected chi connectivity index (χ2v) is 8.02. The zero-order valence-corrected chi connectivity index (χ0v) is 18.2. The van der Waals surface area contributed by atoms with E-state index in [2.05, 4.69) is 5.32 Å². The Bertz CT molecular complexity index is 1100. The predicted octanol–water partition coefficient (Wildman–Crippen LogP) is 1.77. The monoisotopic (exact) mass is 465 g/mol. The fourth-order valence-corrected chi connectivity index (χ4v) is 4.13. The van der Waals surface area contributed by atoms with E-state index < -0.39 is 35.8 Å². The van der Waals surface area contributed by atoms with Crippen LogP contribution in [0.15, 0.2) is 48.5 Å². The zero-order valence-electron chi connectivity index (χ0n) is 18.2. The van der Waals surface area contributed by atoms with Crippen molar-refractivity contribution in [1.29, 1.82) is 0 Å². The molecule has 1 atom stereocenters. The number of ether oxygens (including phenoxy) is 1. The highest BCUT2D eigenvalue weighted by Gasteiger charge is 2.36. The minimum Gasteiger partial charge on any atom is -0.449 e. The number of carbonyl (C=O) groups excluding carboxylic acids is 5. The Morgan fingerprint density at radius 1 is 0.971 bits per heavy atom. The first kappa shape index (κ1) is 23.0. The molecule has 0 radical (unpaired) electrons. The Hall–Kier alpha value is -4.21. The second-order valence-electron chi connectivity index (χ2n) is 8.02. The summed E-state index contributed by atoms with van der Waals surface area (Å²) in [7, 11) is 0. The number of hydrogen-bond donors (Lipinski definition) is 2. The highest BCUT2D eigenvalue weighted by Crippen LogP contribution is 2.44. The number of nitrogens with zero attached hydrogens (tertiary/aromatic N) is 1. The summed E-state index contributed by atoms with van der Waals surface area (Å²) >= 11 is 0. The summed E-state index contributed by atoms with van der Waals surface area (Å²) in [6.07, 6.45) is -1.47. The van der Waals surface area contributed by atoms with Gasteiger partial charge in [0.15, 0.2) is 0 Å². The second kappa shape index (κ2) is 9.74. The molecule has 0 bridgehead atoms. The normalized spacial score (nSPS) is 15.5. The Morgan fingerprint density at radius 3 is 2.09 bits per heavy atom. The van der Waals surface area contributed by atoms with E-state index in [1.807, 2.05) is 48.5 Å². The van der Waals surface area contributed by atoms with Crippen molar-refractivity contribution in [3.8, 4) is 11.1 Å². The number of primary amides is 1. The third kappa shape index (κ3) is 4.75. The number of amides is 4. The molecule has 10 heteroatoms.